The summed E-state index contributed by atoms with van der Waals surface area (Å²) in [6, 6.07) is 2.67. The van der Waals surface area contributed by atoms with Crippen LogP contribution in [0.5, 0.6) is 0 Å². The van der Waals surface area contributed by atoms with Gasteiger partial charge in [0.1, 0.15) is 5.82 Å². The zero-order valence-electron chi connectivity index (χ0n) is 8.33. The van der Waals surface area contributed by atoms with Crippen LogP contribution in [-0.2, 0) is 7.05 Å². The largest absolute Gasteiger partial charge is 0.366 e. The molecule has 72 valence electrons. The molecule has 1 N–H and O–H groups in total. The number of nitrogens with one attached hydrogen (secondary N) is 1. The summed E-state index contributed by atoms with van der Waals surface area (Å²) in [4.78, 5) is 0. The summed E-state index contributed by atoms with van der Waals surface area (Å²) in [5.41, 5.74) is 0. The fraction of sp³-hybridized carbons (Fsp3) is 0.700. The Bertz CT molecular complexity index is 275. The third kappa shape index (κ3) is 2.02. The van der Waals surface area contributed by atoms with Gasteiger partial charge in [-0.25, -0.2) is 0 Å². The summed E-state index contributed by atoms with van der Waals surface area (Å²) in [6.07, 6.45) is 5.94. The average molecular weight is 179 g/mol. The quantitative estimate of drug-likeness (QED) is 0.766. The van der Waals surface area contributed by atoms with Gasteiger partial charge in [-0.1, -0.05) is 6.92 Å². The lowest BCUT2D eigenvalue weighted by atomic mass is 10.1. The molecule has 1 aliphatic carbocycles. The van der Waals surface area contributed by atoms with Crippen molar-refractivity contribution in [1.82, 2.24) is 9.78 Å². The maximum atomic E-state index is 4.31. The van der Waals surface area contributed by atoms with E-state index < -0.39 is 0 Å². The number of nitrogens with zero attached hydrogens (tertiary/aromatic N) is 2. The lowest BCUT2D eigenvalue weighted by Gasteiger charge is -2.14. The fourth-order valence-electron chi connectivity index (χ4n) is 1.73. The number of rotatable bonds is 4. The van der Waals surface area contributed by atoms with E-state index in [1.807, 2.05) is 24.0 Å². The summed E-state index contributed by atoms with van der Waals surface area (Å²) < 4.78 is 1.84. The van der Waals surface area contributed by atoms with Crippen LogP contribution in [0.1, 0.15) is 26.2 Å². The van der Waals surface area contributed by atoms with Crippen molar-refractivity contribution >= 4 is 5.82 Å². The molecule has 1 heterocycles. The molecule has 2 rings (SSSR count). The molecule has 3 heteroatoms. The third-order valence-corrected chi connectivity index (χ3v) is 2.68. The van der Waals surface area contributed by atoms with Gasteiger partial charge in [-0.3, -0.25) is 4.68 Å². The maximum absolute atomic E-state index is 4.31. The molecule has 3 nitrogen and oxygen atoms in total. The van der Waals surface area contributed by atoms with Gasteiger partial charge in [0.05, 0.1) is 0 Å². The van der Waals surface area contributed by atoms with Gasteiger partial charge in [0.2, 0.25) is 0 Å². The Hall–Kier alpha value is -0.990. The Kier molecular flexibility index (Phi) is 2.25. The molecule has 0 spiro atoms. The smallest absolute Gasteiger partial charge is 0.148 e. The summed E-state index contributed by atoms with van der Waals surface area (Å²) in [5, 5.41) is 7.79. The van der Waals surface area contributed by atoms with Gasteiger partial charge in [-0.2, -0.15) is 5.10 Å². The second-order valence-corrected chi connectivity index (χ2v) is 3.87. The second-order valence-electron chi connectivity index (χ2n) is 3.87. The van der Waals surface area contributed by atoms with Gasteiger partial charge >= 0.3 is 0 Å². The molecule has 0 bridgehead atoms. The summed E-state index contributed by atoms with van der Waals surface area (Å²) in [5.74, 6) is 1.91. The summed E-state index contributed by atoms with van der Waals surface area (Å²) in [6.45, 7) is 2.24. The first-order valence-corrected chi connectivity index (χ1v) is 5.05. The van der Waals surface area contributed by atoms with Crippen molar-refractivity contribution in [3.63, 3.8) is 0 Å². The van der Waals surface area contributed by atoms with Crippen molar-refractivity contribution < 1.29 is 0 Å². The van der Waals surface area contributed by atoms with Crippen LogP contribution in [0.4, 0.5) is 5.82 Å². The van der Waals surface area contributed by atoms with Crippen molar-refractivity contribution in [2.75, 3.05) is 5.32 Å². The van der Waals surface area contributed by atoms with Crippen LogP contribution in [0.25, 0.3) is 0 Å². The summed E-state index contributed by atoms with van der Waals surface area (Å²) in [7, 11) is 1.95. The van der Waals surface area contributed by atoms with Crippen LogP contribution in [0, 0.1) is 5.92 Å². The van der Waals surface area contributed by atoms with Crippen molar-refractivity contribution in [1.29, 1.82) is 0 Å². The Morgan fingerprint density at radius 3 is 2.92 bits per heavy atom. The van der Waals surface area contributed by atoms with Gasteiger partial charge in [-0.05, 0) is 25.2 Å². The third-order valence-electron chi connectivity index (χ3n) is 2.68. The number of hydrogen-bond donors (Lipinski definition) is 1. The molecule has 0 saturated heterocycles. The molecule has 1 aromatic heterocycles. The lowest BCUT2D eigenvalue weighted by Crippen LogP contribution is -2.20. The lowest BCUT2D eigenvalue weighted by molar-refractivity contribution is 0.611. The highest BCUT2D eigenvalue weighted by Crippen LogP contribution is 2.35. The van der Waals surface area contributed by atoms with Crippen molar-refractivity contribution in [2.24, 2.45) is 13.0 Å². The van der Waals surface area contributed by atoms with E-state index in [9.17, 15) is 0 Å². The first kappa shape index (κ1) is 8.60. The molecule has 1 atom stereocenters. The maximum Gasteiger partial charge on any atom is 0.148 e. The molecule has 1 aromatic rings. The van der Waals surface area contributed by atoms with E-state index in [0.29, 0.717) is 6.04 Å². The van der Waals surface area contributed by atoms with Crippen molar-refractivity contribution in [2.45, 2.75) is 32.2 Å². The molecule has 0 aromatic carbocycles. The molecule has 0 radical (unpaired) electrons. The molecule has 1 aliphatic rings. The first-order valence-electron chi connectivity index (χ1n) is 5.05. The Labute approximate surface area is 79.1 Å². The molecule has 13 heavy (non-hydrogen) atoms. The minimum Gasteiger partial charge on any atom is -0.366 e. The second kappa shape index (κ2) is 3.40. The van der Waals surface area contributed by atoms with Crippen molar-refractivity contribution in [3.8, 4) is 0 Å². The molecule has 0 aliphatic heterocycles. The fourth-order valence-corrected chi connectivity index (χ4v) is 1.73. The topological polar surface area (TPSA) is 29.9 Å². The Morgan fingerprint density at radius 2 is 2.46 bits per heavy atom. The molecular weight excluding hydrogens is 162 g/mol. The van der Waals surface area contributed by atoms with E-state index in [2.05, 4.69) is 17.3 Å². The van der Waals surface area contributed by atoms with E-state index in [-0.39, 0.29) is 0 Å². The molecule has 1 saturated carbocycles. The van der Waals surface area contributed by atoms with Crippen molar-refractivity contribution in [3.05, 3.63) is 12.3 Å². The Balaban J connectivity index is 1.95. The van der Waals surface area contributed by atoms with Gasteiger partial charge < -0.3 is 5.32 Å². The zero-order chi connectivity index (χ0) is 9.26. The highest BCUT2D eigenvalue weighted by atomic mass is 15.3. The molecule has 1 fully saturated rings. The SMILES string of the molecule is CCC(Nc1ccn(C)n1)C1CC1. The first-order chi connectivity index (χ1) is 6.29. The molecule has 1 unspecified atom stereocenters. The highest BCUT2D eigenvalue weighted by molar-refractivity contribution is 5.34. The van der Waals surface area contributed by atoms with Crippen LogP contribution < -0.4 is 5.32 Å². The number of aryl methyl sites for hydroxylation is 1. The van der Waals surface area contributed by atoms with Gasteiger partial charge in [-0.15, -0.1) is 0 Å². The van der Waals surface area contributed by atoms with E-state index in [1.54, 1.807) is 0 Å². The van der Waals surface area contributed by atoms with Crippen LogP contribution in [-0.4, -0.2) is 15.8 Å². The normalized spacial score (nSPS) is 18.6. The number of aromatic nitrogens is 2. The standard InChI is InChI=1S/C10H17N3/c1-3-9(8-4-5-8)11-10-6-7-13(2)12-10/h6-9H,3-5H2,1-2H3,(H,11,12). The summed E-state index contributed by atoms with van der Waals surface area (Å²) >= 11 is 0. The minimum atomic E-state index is 0.634. The van der Waals surface area contributed by atoms with Gasteiger partial charge in [0, 0.05) is 25.4 Å². The monoisotopic (exact) mass is 179 g/mol. The molecule has 0 amide bonds. The van der Waals surface area contributed by atoms with Gasteiger partial charge in [0.15, 0.2) is 0 Å². The Morgan fingerprint density at radius 1 is 1.69 bits per heavy atom. The van der Waals surface area contributed by atoms with E-state index in [4.69, 9.17) is 0 Å². The van der Waals surface area contributed by atoms with E-state index in [0.717, 1.165) is 11.7 Å². The minimum absolute atomic E-state index is 0.634. The average Bonchev–Trinajstić information content (AvgIpc) is 2.87. The molecular formula is C10H17N3. The number of anilines is 1. The van der Waals surface area contributed by atoms with Crippen LogP contribution >= 0.6 is 0 Å². The van der Waals surface area contributed by atoms with E-state index in [1.165, 1.54) is 19.3 Å². The predicted molar refractivity (Wildman–Crippen MR) is 53.6 cm³/mol. The number of hydrogen-bond acceptors (Lipinski definition) is 2. The van der Waals surface area contributed by atoms with Gasteiger partial charge in [0.25, 0.3) is 0 Å². The van der Waals surface area contributed by atoms with E-state index >= 15 is 0 Å². The van der Waals surface area contributed by atoms with Crippen LogP contribution in [0.15, 0.2) is 12.3 Å². The predicted octanol–water partition coefficient (Wildman–Crippen LogP) is 2.02. The zero-order valence-corrected chi connectivity index (χ0v) is 8.33. The van der Waals surface area contributed by atoms with Crippen LogP contribution in [0.3, 0.4) is 0 Å². The highest BCUT2D eigenvalue weighted by Gasteiger charge is 2.29. The van der Waals surface area contributed by atoms with Crippen LogP contribution in [0.2, 0.25) is 0 Å².